The summed E-state index contributed by atoms with van der Waals surface area (Å²) in [5.74, 6) is 2.34. The minimum Gasteiger partial charge on any atom is -0.488 e. The maximum absolute atomic E-state index is 5.92. The maximum atomic E-state index is 5.92. The minimum atomic E-state index is 0.301. The molecule has 1 atom stereocenters. The van der Waals surface area contributed by atoms with Crippen LogP contribution in [-0.2, 0) is 6.42 Å². The molecule has 1 unspecified atom stereocenters. The van der Waals surface area contributed by atoms with Crippen LogP contribution in [-0.4, -0.2) is 31.2 Å². The zero-order valence-electron chi connectivity index (χ0n) is 11.5. The van der Waals surface area contributed by atoms with Gasteiger partial charge >= 0.3 is 0 Å². The zero-order chi connectivity index (χ0) is 13.5. The number of hydrogen-bond donors (Lipinski definition) is 1. The standard InChI is InChI=1S/C15H22BrNOS/c1-19-8-4-2-3-7-17-11-14-10-12-9-13(16)5-6-15(12)18-14/h5-6,9,14,17H,2-4,7-8,10-11H2,1H3. The summed E-state index contributed by atoms with van der Waals surface area (Å²) in [5, 5.41) is 3.51. The normalized spacial score (nSPS) is 17.3. The smallest absolute Gasteiger partial charge is 0.123 e. The fourth-order valence-electron chi connectivity index (χ4n) is 2.34. The van der Waals surface area contributed by atoms with E-state index >= 15 is 0 Å². The Balaban J connectivity index is 1.59. The van der Waals surface area contributed by atoms with Gasteiger partial charge in [-0.3, -0.25) is 0 Å². The molecule has 0 bridgehead atoms. The van der Waals surface area contributed by atoms with E-state index in [1.54, 1.807) is 0 Å². The molecule has 1 aliphatic rings. The number of fused-ring (bicyclic) bond motifs is 1. The number of rotatable bonds is 8. The average molecular weight is 344 g/mol. The van der Waals surface area contributed by atoms with Gasteiger partial charge in [-0.05, 0) is 55.2 Å². The van der Waals surface area contributed by atoms with Crippen LogP contribution >= 0.6 is 27.7 Å². The van der Waals surface area contributed by atoms with Gasteiger partial charge in [-0.1, -0.05) is 22.4 Å². The Morgan fingerprint density at radius 3 is 3.11 bits per heavy atom. The molecule has 1 aliphatic heterocycles. The van der Waals surface area contributed by atoms with Crippen molar-refractivity contribution < 1.29 is 4.74 Å². The molecular weight excluding hydrogens is 322 g/mol. The van der Waals surface area contributed by atoms with Gasteiger partial charge in [0.1, 0.15) is 11.9 Å². The molecule has 0 aliphatic carbocycles. The summed E-state index contributed by atoms with van der Waals surface area (Å²) in [6.45, 7) is 2.06. The van der Waals surface area contributed by atoms with Crippen LogP contribution in [0.5, 0.6) is 5.75 Å². The molecular formula is C15H22BrNOS. The van der Waals surface area contributed by atoms with Crippen molar-refractivity contribution in [3.05, 3.63) is 28.2 Å². The largest absolute Gasteiger partial charge is 0.488 e. The van der Waals surface area contributed by atoms with E-state index in [4.69, 9.17) is 4.74 Å². The van der Waals surface area contributed by atoms with Crippen LogP contribution in [0, 0.1) is 0 Å². The van der Waals surface area contributed by atoms with Crippen molar-refractivity contribution in [1.82, 2.24) is 5.32 Å². The molecule has 0 spiro atoms. The van der Waals surface area contributed by atoms with E-state index < -0.39 is 0 Å². The molecule has 0 saturated carbocycles. The number of nitrogens with one attached hydrogen (secondary N) is 1. The second-order valence-corrected chi connectivity index (χ2v) is 6.85. The third-order valence-electron chi connectivity index (χ3n) is 3.34. The number of halogens is 1. The van der Waals surface area contributed by atoms with E-state index in [0.29, 0.717) is 6.10 Å². The van der Waals surface area contributed by atoms with Crippen LogP contribution in [0.25, 0.3) is 0 Å². The van der Waals surface area contributed by atoms with Crippen molar-refractivity contribution in [2.24, 2.45) is 0 Å². The van der Waals surface area contributed by atoms with Crippen LogP contribution in [0.2, 0.25) is 0 Å². The van der Waals surface area contributed by atoms with Gasteiger partial charge in [0, 0.05) is 17.4 Å². The van der Waals surface area contributed by atoms with E-state index in [0.717, 1.165) is 29.7 Å². The number of unbranched alkanes of at least 4 members (excludes halogenated alkanes) is 2. The minimum absolute atomic E-state index is 0.301. The van der Waals surface area contributed by atoms with E-state index in [2.05, 4.69) is 39.6 Å². The molecule has 1 N–H and O–H groups in total. The molecule has 1 heterocycles. The van der Waals surface area contributed by atoms with Crippen LogP contribution in [0.1, 0.15) is 24.8 Å². The highest BCUT2D eigenvalue weighted by atomic mass is 79.9. The van der Waals surface area contributed by atoms with E-state index in [1.165, 1.54) is 30.6 Å². The van der Waals surface area contributed by atoms with Gasteiger partial charge in [0.2, 0.25) is 0 Å². The predicted octanol–water partition coefficient (Wildman–Crippen LogP) is 3.88. The summed E-state index contributed by atoms with van der Waals surface area (Å²) in [5.41, 5.74) is 1.32. The highest BCUT2D eigenvalue weighted by molar-refractivity contribution is 9.10. The Morgan fingerprint density at radius 2 is 2.26 bits per heavy atom. The average Bonchev–Trinajstić information content (AvgIpc) is 2.79. The third kappa shape index (κ3) is 5.01. The van der Waals surface area contributed by atoms with Gasteiger partial charge in [-0.15, -0.1) is 0 Å². The predicted molar refractivity (Wildman–Crippen MR) is 87.4 cm³/mol. The zero-order valence-corrected chi connectivity index (χ0v) is 13.9. The van der Waals surface area contributed by atoms with Crippen molar-refractivity contribution in [2.75, 3.05) is 25.1 Å². The molecule has 1 aromatic carbocycles. The Hall–Kier alpha value is -0.190. The third-order valence-corrected chi connectivity index (χ3v) is 4.53. The molecule has 4 heteroatoms. The Morgan fingerprint density at radius 1 is 1.37 bits per heavy atom. The number of thioether (sulfide) groups is 1. The lowest BCUT2D eigenvalue weighted by Gasteiger charge is -2.11. The molecule has 0 amide bonds. The van der Waals surface area contributed by atoms with E-state index in [-0.39, 0.29) is 0 Å². The van der Waals surface area contributed by atoms with Crippen LogP contribution in [0.4, 0.5) is 0 Å². The first-order valence-corrected chi connectivity index (χ1v) is 9.13. The van der Waals surface area contributed by atoms with Gasteiger partial charge < -0.3 is 10.1 Å². The molecule has 0 aromatic heterocycles. The van der Waals surface area contributed by atoms with Crippen molar-refractivity contribution >= 4 is 27.7 Å². The first-order valence-electron chi connectivity index (χ1n) is 6.94. The number of benzene rings is 1. The number of ether oxygens (including phenoxy) is 1. The van der Waals surface area contributed by atoms with Crippen LogP contribution in [0.15, 0.2) is 22.7 Å². The molecule has 2 nitrogen and oxygen atoms in total. The molecule has 0 radical (unpaired) electrons. The van der Waals surface area contributed by atoms with E-state index in [1.807, 2.05) is 17.8 Å². The first kappa shape index (κ1) is 15.2. The summed E-state index contributed by atoms with van der Waals surface area (Å²) in [4.78, 5) is 0. The Kier molecular flexibility index (Phi) is 6.54. The Bertz CT molecular complexity index is 400. The van der Waals surface area contributed by atoms with Crippen LogP contribution < -0.4 is 10.1 Å². The van der Waals surface area contributed by atoms with Crippen molar-refractivity contribution in [3.8, 4) is 5.75 Å². The molecule has 19 heavy (non-hydrogen) atoms. The Labute approximate surface area is 128 Å². The quantitative estimate of drug-likeness (QED) is 0.724. The summed E-state index contributed by atoms with van der Waals surface area (Å²) in [6, 6.07) is 6.26. The maximum Gasteiger partial charge on any atom is 0.123 e. The SMILES string of the molecule is CSCCCCCNCC1Cc2cc(Br)ccc2O1. The van der Waals surface area contributed by atoms with Crippen LogP contribution in [0.3, 0.4) is 0 Å². The number of hydrogen-bond acceptors (Lipinski definition) is 3. The molecule has 0 fully saturated rings. The van der Waals surface area contributed by atoms with Gasteiger partial charge in [0.25, 0.3) is 0 Å². The van der Waals surface area contributed by atoms with Gasteiger partial charge in [0.15, 0.2) is 0 Å². The molecule has 2 rings (SSSR count). The highest BCUT2D eigenvalue weighted by Gasteiger charge is 2.22. The fourth-order valence-corrected chi connectivity index (χ4v) is 3.24. The molecule has 0 saturated heterocycles. The van der Waals surface area contributed by atoms with Crippen molar-refractivity contribution in [2.45, 2.75) is 31.8 Å². The fraction of sp³-hybridized carbons (Fsp3) is 0.600. The summed E-state index contributed by atoms with van der Waals surface area (Å²) in [7, 11) is 0. The lowest BCUT2D eigenvalue weighted by Crippen LogP contribution is -2.30. The van der Waals surface area contributed by atoms with Gasteiger partial charge in [-0.25, -0.2) is 0 Å². The van der Waals surface area contributed by atoms with Crippen molar-refractivity contribution in [1.29, 1.82) is 0 Å². The summed E-state index contributed by atoms with van der Waals surface area (Å²) < 4.78 is 7.06. The topological polar surface area (TPSA) is 21.3 Å². The molecule has 1 aromatic rings. The van der Waals surface area contributed by atoms with E-state index in [9.17, 15) is 0 Å². The summed E-state index contributed by atoms with van der Waals surface area (Å²) >= 11 is 5.44. The lowest BCUT2D eigenvalue weighted by molar-refractivity contribution is 0.227. The van der Waals surface area contributed by atoms with Crippen molar-refractivity contribution in [3.63, 3.8) is 0 Å². The summed E-state index contributed by atoms with van der Waals surface area (Å²) in [6.07, 6.45) is 7.43. The second-order valence-electron chi connectivity index (χ2n) is 4.95. The van der Waals surface area contributed by atoms with Gasteiger partial charge in [0.05, 0.1) is 0 Å². The first-order chi connectivity index (χ1) is 9.29. The monoisotopic (exact) mass is 343 g/mol. The molecule has 106 valence electrons. The van der Waals surface area contributed by atoms with Gasteiger partial charge in [-0.2, -0.15) is 11.8 Å². The highest BCUT2D eigenvalue weighted by Crippen LogP contribution is 2.30. The lowest BCUT2D eigenvalue weighted by atomic mass is 10.1. The second kappa shape index (κ2) is 8.18.